The highest BCUT2D eigenvalue weighted by molar-refractivity contribution is 5.91. The number of benzene rings is 2. The van der Waals surface area contributed by atoms with Crippen LogP contribution in [-0.4, -0.2) is 24.5 Å². The minimum absolute atomic E-state index is 0.0903. The van der Waals surface area contributed by atoms with Crippen LogP contribution in [0, 0.1) is 0 Å². The van der Waals surface area contributed by atoms with Gasteiger partial charge in [0.05, 0.1) is 6.10 Å². The van der Waals surface area contributed by atoms with E-state index in [1.54, 1.807) is 12.2 Å². The molecule has 2 amide bonds. The molecular weight excluding hydrogens is 364 g/mol. The van der Waals surface area contributed by atoms with Gasteiger partial charge in [0.2, 0.25) is 11.8 Å². The maximum absolute atomic E-state index is 12.1. The molecule has 1 aliphatic carbocycles. The highest BCUT2D eigenvalue weighted by Crippen LogP contribution is 2.24. The van der Waals surface area contributed by atoms with Crippen molar-refractivity contribution in [1.29, 1.82) is 0 Å². The monoisotopic (exact) mass is 392 g/mol. The zero-order chi connectivity index (χ0) is 20.5. The van der Waals surface area contributed by atoms with Crippen LogP contribution in [0.4, 0.5) is 5.69 Å². The average molecular weight is 392 g/mol. The molecule has 0 spiro atoms. The Labute approximate surface area is 172 Å². The lowest BCUT2D eigenvalue weighted by molar-refractivity contribution is -0.116. The molecular formula is C24H28N2O3. The van der Waals surface area contributed by atoms with Crippen molar-refractivity contribution in [1.82, 2.24) is 5.32 Å². The van der Waals surface area contributed by atoms with E-state index in [1.807, 2.05) is 48.5 Å². The first-order valence-electron chi connectivity index (χ1n) is 10.2. The van der Waals surface area contributed by atoms with Crippen LogP contribution in [0.5, 0.6) is 5.75 Å². The topological polar surface area (TPSA) is 67.4 Å². The fourth-order valence-electron chi connectivity index (χ4n) is 3.41. The van der Waals surface area contributed by atoms with E-state index in [0.29, 0.717) is 12.6 Å². The Hall–Kier alpha value is -3.08. The Morgan fingerprint density at radius 2 is 1.86 bits per heavy atom. The highest BCUT2D eigenvalue weighted by Gasteiger charge is 2.16. The smallest absolute Gasteiger partial charge is 0.244 e. The Morgan fingerprint density at radius 3 is 2.59 bits per heavy atom. The Morgan fingerprint density at radius 1 is 1.10 bits per heavy atom. The summed E-state index contributed by atoms with van der Waals surface area (Å²) in [5.74, 6) is 0.650. The zero-order valence-corrected chi connectivity index (χ0v) is 16.8. The molecule has 0 unspecified atom stereocenters. The summed E-state index contributed by atoms with van der Waals surface area (Å²) in [4.78, 5) is 23.1. The van der Waals surface area contributed by atoms with Crippen molar-refractivity contribution in [3.8, 4) is 5.75 Å². The van der Waals surface area contributed by atoms with Crippen LogP contribution in [0.2, 0.25) is 0 Å². The second kappa shape index (κ2) is 10.5. The second-order valence-corrected chi connectivity index (χ2v) is 7.35. The molecule has 0 bridgehead atoms. The first-order valence-corrected chi connectivity index (χ1v) is 10.2. The maximum Gasteiger partial charge on any atom is 0.244 e. The number of carbonyl (C=O) groups is 2. The van der Waals surface area contributed by atoms with E-state index in [9.17, 15) is 9.59 Å². The largest absolute Gasteiger partial charge is 0.490 e. The van der Waals surface area contributed by atoms with E-state index in [2.05, 4.69) is 10.6 Å². The third-order valence-electron chi connectivity index (χ3n) is 4.88. The van der Waals surface area contributed by atoms with E-state index in [4.69, 9.17) is 4.74 Å². The summed E-state index contributed by atoms with van der Waals surface area (Å²) in [7, 11) is 0. The van der Waals surface area contributed by atoms with Gasteiger partial charge in [-0.15, -0.1) is 0 Å². The van der Waals surface area contributed by atoms with Gasteiger partial charge >= 0.3 is 0 Å². The summed E-state index contributed by atoms with van der Waals surface area (Å²) >= 11 is 0. The number of ether oxygens (including phenoxy) is 1. The molecule has 2 aromatic rings. The third-order valence-corrected chi connectivity index (χ3v) is 4.88. The van der Waals surface area contributed by atoms with E-state index >= 15 is 0 Å². The van der Waals surface area contributed by atoms with Crippen molar-refractivity contribution in [3.63, 3.8) is 0 Å². The van der Waals surface area contributed by atoms with Gasteiger partial charge in [0.25, 0.3) is 0 Å². The van der Waals surface area contributed by atoms with Gasteiger partial charge in [-0.05, 0) is 73.6 Å². The van der Waals surface area contributed by atoms with Gasteiger partial charge in [-0.25, -0.2) is 0 Å². The fourth-order valence-corrected chi connectivity index (χ4v) is 3.41. The number of rotatable bonds is 8. The fraction of sp³-hybridized carbons (Fsp3) is 0.333. The Kier molecular flexibility index (Phi) is 7.45. The van der Waals surface area contributed by atoms with E-state index in [1.165, 1.54) is 19.8 Å². The summed E-state index contributed by atoms with van der Waals surface area (Å²) in [5.41, 5.74) is 2.82. The maximum atomic E-state index is 12.1. The van der Waals surface area contributed by atoms with Crippen LogP contribution in [-0.2, 0) is 16.0 Å². The molecule has 0 aliphatic heterocycles. The first kappa shape index (κ1) is 20.6. The van der Waals surface area contributed by atoms with Crippen LogP contribution >= 0.6 is 0 Å². The van der Waals surface area contributed by atoms with Gasteiger partial charge in [0, 0.05) is 25.2 Å². The predicted octanol–water partition coefficient (Wildman–Crippen LogP) is 4.34. The minimum Gasteiger partial charge on any atom is -0.490 e. The molecule has 1 fully saturated rings. The number of hydrogen-bond donors (Lipinski definition) is 2. The van der Waals surface area contributed by atoms with Crippen LogP contribution in [0.25, 0.3) is 6.08 Å². The molecule has 1 saturated carbocycles. The summed E-state index contributed by atoms with van der Waals surface area (Å²) in [6.07, 6.45) is 9.13. The highest BCUT2D eigenvalue weighted by atomic mass is 16.5. The predicted molar refractivity (Wildman–Crippen MR) is 116 cm³/mol. The van der Waals surface area contributed by atoms with Crippen molar-refractivity contribution in [2.75, 3.05) is 11.9 Å². The van der Waals surface area contributed by atoms with E-state index < -0.39 is 0 Å². The number of carbonyl (C=O) groups excluding carboxylic acids is 2. The standard InChI is InChI=1S/C24H28N2O3/c1-18(27)26-21-12-9-19(10-13-21)15-16-25-24(28)14-11-20-5-4-8-23(17-20)29-22-6-2-3-7-22/h4-5,8-14,17,22H,2-3,6-7,15-16H2,1H3,(H,25,28)(H,26,27). The lowest BCUT2D eigenvalue weighted by atomic mass is 10.1. The lowest BCUT2D eigenvalue weighted by Crippen LogP contribution is -2.23. The molecule has 2 N–H and O–H groups in total. The number of hydrogen-bond acceptors (Lipinski definition) is 3. The Bertz CT molecular complexity index is 853. The molecule has 0 heterocycles. The van der Waals surface area contributed by atoms with Crippen LogP contribution in [0.15, 0.2) is 54.6 Å². The van der Waals surface area contributed by atoms with Gasteiger partial charge in [-0.2, -0.15) is 0 Å². The summed E-state index contributed by atoms with van der Waals surface area (Å²) in [6.45, 7) is 2.03. The molecule has 0 atom stereocenters. The normalized spacial score (nSPS) is 14.1. The Balaban J connectivity index is 1.43. The summed E-state index contributed by atoms with van der Waals surface area (Å²) in [5, 5.41) is 5.63. The summed E-state index contributed by atoms with van der Waals surface area (Å²) in [6, 6.07) is 15.5. The zero-order valence-electron chi connectivity index (χ0n) is 16.8. The van der Waals surface area contributed by atoms with Crippen molar-refractivity contribution >= 4 is 23.6 Å². The van der Waals surface area contributed by atoms with E-state index in [-0.39, 0.29) is 11.8 Å². The van der Waals surface area contributed by atoms with Gasteiger partial charge in [-0.3, -0.25) is 9.59 Å². The SMILES string of the molecule is CC(=O)Nc1ccc(CCNC(=O)C=Cc2cccc(OC3CCCC3)c2)cc1. The summed E-state index contributed by atoms with van der Waals surface area (Å²) < 4.78 is 6.01. The third kappa shape index (κ3) is 7.11. The number of nitrogens with one attached hydrogen (secondary N) is 2. The second-order valence-electron chi connectivity index (χ2n) is 7.35. The van der Waals surface area contributed by atoms with Crippen molar-refractivity contribution in [2.24, 2.45) is 0 Å². The molecule has 1 aliphatic rings. The molecule has 0 radical (unpaired) electrons. The van der Waals surface area contributed by atoms with Crippen molar-refractivity contribution in [2.45, 2.75) is 45.1 Å². The first-order chi connectivity index (χ1) is 14.1. The molecule has 2 aromatic carbocycles. The van der Waals surface area contributed by atoms with Gasteiger partial charge in [-0.1, -0.05) is 24.3 Å². The number of anilines is 1. The van der Waals surface area contributed by atoms with Crippen LogP contribution in [0.1, 0.15) is 43.7 Å². The molecule has 5 nitrogen and oxygen atoms in total. The molecule has 3 rings (SSSR count). The molecule has 0 aromatic heterocycles. The minimum atomic E-state index is -0.123. The van der Waals surface area contributed by atoms with Gasteiger partial charge in [0.15, 0.2) is 0 Å². The molecule has 152 valence electrons. The van der Waals surface area contributed by atoms with Gasteiger partial charge in [0.1, 0.15) is 5.75 Å². The lowest BCUT2D eigenvalue weighted by Gasteiger charge is -2.13. The average Bonchev–Trinajstić information content (AvgIpc) is 3.21. The van der Waals surface area contributed by atoms with Crippen molar-refractivity contribution < 1.29 is 14.3 Å². The van der Waals surface area contributed by atoms with Gasteiger partial charge < -0.3 is 15.4 Å². The van der Waals surface area contributed by atoms with Crippen LogP contribution in [0.3, 0.4) is 0 Å². The van der Waals surface area contributed by atoms with E-state index in [0.717, 1.165) is 41.8 Å². The molecule has 29 heavy (non-hydrogen) atoms. The molecule has 5 heteroatoms. The van der Waals surface area contributed by atoms with Crippen LogP contribution < -0.4 is 15.4 Å². The van der Waals surface area contributed by atoms with Crippen molar-refractivity contribution in [3.05, 3.63) is 65.7 Å². The molecule has 0 saturated heterocycles. The quantitative estimate of drug-likeness (QED) is 0.657. The number of amides is 2.